The average molecular weight is 334 g/mol. The first-order valence-corrected chi connectivity index (χ1v) is 7.31. The minimum Gasteiger partial charge on any atom is -0.331 e. The second-order valence-electron chi connectivity index (χ2n) is 4.51. The van der Waals surface area contributed by atoms with Gasteiger partial charge in [0.05, 0.1) is 5.69 Å². The molecule has 0 radical (unpaired) electrons. The molecule has 0 saturated heterocycles. The van der Waals surface area contributed by atoms with Gasteiger partial charge in [-0.3, -0.25) is 10.9 Å². The molecule has 0 spiro atoms. The maximum Gasteiger partial charge on any atom is 0.189 e. The van der Waals surface area contributed by atoms with Crippen molar-refractivity contribution in [3.05, 3.63) is 59.9 Å². The Hall–Kier alpha value is -2.25. The Bertz CT molecular complexity index is 691. The van der Waals surface area contributed by atoms with Crippen LogP contribution in [0.5, 0.6) is 0 Å². The zero-order valence-corrected chi connectivity index (χ0v) is 13.4. The van der Waals surface area contributed by atoms with E-state index in [-0.39, 0.29) is 10.9 Å². The Morgan fingerprint density at radius 2 is 1.59 bits per heavy atom. The van der Waals surface area contributed by atoms with E-state index in [1.807, 2.05) is 31.2 Å². The number of hydrogen-bond donors (Lipinski definition) is 4. The summed E-state index contributed by atoms with van der Waals surface area (Å²) >= 11 is 10.2. The summed E-state index contributed by atoms with van der Waals surface area (Å²) in [6.45, 7) is 1.99. The number of para-hydroxylation sites is 1. The second-order valence-corrected chi connectivity index (χ2v) is 5.32. The van der Waals surface area contributed by atoms with Crippen LogP contribution in [0.1, 0.15) is 5.56 Å². The predicted octanol–water partition coefficient (Wildman–Crippen LogP) is 3.32. The first-order chi connectivity index (χ1) is 10.5. The molecule has 4 nitrogen and oxygen atoms in total. The van der Waals surface area contributed by atoms with E-state index in [2.05, 4.69) is 21.5 Å². The highest BCUT2D eigenvalue weighted by Crippen LogP contribution is 2.12. The molecule has 0 bridgehead atoms. The predicted molar refractivity (Wildman–Crippen MR) is 96.3 cm³/mol. The number of halogens is 1. The van der Waals surface area contributed by atoms with Crippen molar-refractivity contribution < 1.29 is 4.39 Å². The van der Waals surface area contributed by atoms with Crippen LogP contribution in [0, 0.1) is 12.7 Å². The lowest BCUT2D eigenvalue weighted by molar-refractivity contribution is 0.632. The SMILES string of the molecule is Cc1cccc(NC(=S)NNC(=S)Nc2ccccc2F)c1. The van der Waals surface area contributed by atoms with E-state index in [4.69, 9.17) is 24.4 Å². The van der Waals surface area contributed by atoms with Gasteiger partial charge in [0.1, 0.15) is 5.82 Å². The highest BCUT2D eigenvalue weighted by Gasteiger charge is 2.03. The molecule has 0 heterocycles. The van der Waals surface area contributed by atoms with Crippen LogP contribution in [0.3, 0.4) is 0 Å². The molecule has 0 amide bonds. The van der Waals surface area contributed by atoms with Gasteiger partial charge in [-0.25, -0.2) is 4.39 Å². The fourth-order valence-corrected chi connectivity index (χ4v) is 2.04. The van der Waals surface area contributed by atoms with Gasteiger partial charge in [-0.1, -0.05) is 24.3 Å². The molecular weight excluding hydrogens is 319 g/mol. The standard InChI is InChI=1S/C15H15FN4S2/c1-10-5-4-6-11(9-10)17-14(21)19-20-15(22)18-13-8-3-2-7-12(13)16/h2-9H,1H3,(H2,17,19,21)(H2,18,20,22). The van der Waals surface area contributed by atoms with Crippen LogP contribution < -0.4 is 21.5 Å². The summed E-state index contributed by atoms with van der Waals surface area (Å²) in [6, 6.07) is 14.0. The Labute approximate surface area is 139 Å². The van der Waals surface area contributed by atoms with Gasteiger partial charge in [-0.15, -0.1) is 0 Å². The van der Waals surface area contributed by atoms with Crippen LogP contribution in [0.15, 0.2) is 48.5 Å². The fraction of sp³-hybridized carbons (Fsp3) is 0.0667. The van der Waals surface area contributed by atoms with Crippen LogP contribution in [-0.4, -0.2) is 10.2 Å². The summed E-state index contributed by atoms with van der Waals surface area (Å²) in [6.07, 6.45) is 0. The average Bonchev–Trinajstić information content (AvgIpc) is 2.48. The number of aryl methyl sites for hydroxylation is 1. The Kier molecular flexibility index (Phi) is 5.62. The van der Waals surface area contributed by atoms with Crippen molar-refractivity contribution >= 4 is 46.0 Å². The molecular formula is C15H15FN4S2. The third kappa shape index (κ3) is 4.94. The number of nitrogens with one attached hydrogen (secondary N) is 4. The summed E-state index contributed by atoms with van der Waals surface area (Å²) in [5.74, 6) is -0.382. The quantitative estimate of drug-likeness (QED) is 0.499. The fourth-order valence-electron chi connectivity index (χ4n) is 1.71. The third-order valence-corrected chi connectivity index (χ3v) is 3.10. The van der Waals surface area contributed by atoms with Crippen LogP contribution >= 0.6 is 24.4 Å². The molecule has 0 aliphatic carbocycles. The molecule has 4 N–H and O–H groups in total. The second kappa shape index (κ2) is 7.67. The van der Waals surface area contributed by atoms with Crippen molar-refractivity contribution in [3.63, 3.8) is 0 Å². The number of rotatable bonds is 2. The van der Waals surface area contributed by atoms with Gasteiger partial charge in [0.15, 0.2) is 10.2 Å². The Morgan fingerprint density at radius 1 is 0.909 bits per heavy atom. The van der Waals surface area contributed by atoms with E-state index < -0.39 is 0 Å². The first kappa shape index (κ1) is 16.1. The minimum atomic E-state index is -0.382. The molecule has 0 atom stereocenters. The van der Waals surface area contributed by atoms with Crippen LogP contribution in [0.4, 0.5) is 15.8 Å². The zero-order chi connectivity index (χ0) is 15.9. The highest BCUT2D eigenvalue weighted by atomic mass is 32.1. The molecule has 2 rings (SSSR count). The van der Waals surface area contributed by atoms with Gasteiger partial charge in [0, 0.05) is 5.69 Å². The summed E-state index contributed by atoms with van der Waals surface area (Å²) in [4.78, 5) is 0. The Morgan fingerprint density at radius 3 is 2.27 bits per heavy atom. The maximum atomic E-state index is 13.5. The van der Waals surface area contributed by atoms with Crippen molar-refractivity contribution in [1.82, 2.24) is 10.9 Å². The zero-order valence-electron chi connectivity index (χ0n) is 11.8. The lowest BCUT2D eigenvalue weighted by Crippen LogP contribution is -2.45. The molecule has 0 fully saturated rings. The number of benzene rings is 2. The van der Waals surface area contributed by atoms with E-state index in [0.29, 0.717) is 10.8 Å². The summed E-state index contributed by atoms with van der Waals surface area (Å²) < 4.78 is 13.5. The Balaban J connectivity index is 1.81. The van der Waals surface area contributed by atoms with Gasteiger partial charge in [-0.05, 0) is 61.2 Å². The van der Waals surface area contributed by atoms with E-state index in [1.165, 1.54) is 6.07 Å². The van der Waals surface area contributed by atoms with Gasteiger partial charge in [0.2, 0.25) is 0 Å². The van der Waals surface area contributed by atoms with Crippen LogP contribution in [-0.2, 0) is 0 Å². The number of hydrazine groups is 1. The van der Waals surface area contributed by atoms with E-state index >= 15 is 0 Å². The molecule has 22 heavy (non-hydrogen) atoms. The van der Waals surface area contributed by atoms with E-state index in [0.717, 1.165) is 11.3 Å². The van der Waals surface area contributed by atoms with Crippen molar-refractivity contribution in [1.29, 1.82) is 0 Å². The van der Waals surface area contributed by atoms with Crippen molar-refractivity contribution in [2.24, 2.45) is 0 Å². The van der Waals surface area contributed by atoms with Gasteiger partial charge >= 0.3 is 0 Å². The molecule has 114 valence electrons. The number of anilines is 2. The van der Waals surface area contributed by atoms with Crippen molar-refractivity contribution in [2.75, 3.05) is 10.6 Å². The lowest BCUT2D eigenvalue weighted by atomic mass is 10.2. The van der Waals surface area contributed by atoms with Crippen molar-refractivity contribution in [3.8, 4) is 0 Å². The molecule has 0 aliphatic rings. The summed E-state index contributed by atoms with van der Waals surface area (Å²) in [5, 5.41) is 6.30. The van der Waals surface area contributed by atoms with Crippen LogP contribution in [0.25, 0.3) is 0 Å². The van der Waals surface area contributed by atoms with E-state index in [9.17, 15) is 4.39 Å². The number of hydrogen-bond acceptors (Lipinski definition) is 2. The summed E-state index contributed by atoms with van der Waals surface area (Å²) in [7, 11) is 0. The molecule has 2 aromatic carbocycles. The lowest BCUT2D eigenvalue weighted by Gasteiger charge is -2.14. The molecule has 0 aliphatic heterocycles. The third-order valence-electron chi connectivity index (χ3n) is 2.69. The van der Waals surface area contributed by atoms with Gasteiger partial charge < -0.3 is 10.6 Å². The number of thiocarbonyl (C=S) groups is 2. The smallest absolute Gasteiger partial charge is 0.189 e. The van der Waals surface area contributed by atoms with E-state index in [1.54, 1.807) is 18.2 Å². The molecule has 7 heteroatoms. The summed E-state index contributed by atoms with van der Waals surface area (Å²) in [5.41, 5.74) is 7.71. The minimum absolute atomic E-state index is 0.207. The monoisotopic (exact) mass is 334 g/mol. The normalized spacial score (nSPS) is 9.73. The van der Waals surface area contributed by atoms with Gasteiger partial charge in [-0.2, -0.15) is 0 Å². The van der Waals surface area contributed by atoms with Gasteiger partial charge in [0.25, 0.3) is 0 Å². The van der Waals surface area contributed by atoms with Crippen LogP contribution in [0.2, 0.25) is 0 Å². The first-order valence-electron chi connectivity index (χ1n) is 6.50. The molecule has 0 unspecified atom stereocenters. The topological polar surface area (TPSA) is 48.1 Å². The largest absolute Gasteiger partial charge is 0.331 e. The molecule has 0 aromatic heterocycles. The molecule has 2 aromatic rings. The molecule has 0 saturated carbocycles. The maximum absolute atomic E-state index is 13.5. The van der Waals surface area contributed by atoms with Crippen molar-refractivity contribution in [2.45, 2.75) is 6.92 Å². The highest BCUT2D eigenvalue weighted by molar-refractivity contribution is 7.81.